The summed E-state index contributed by atoms with van der Waals surface area (Å²) in [5, 5.41) is 0. The van der Waals surface area contributed by atoms with Crippen LogP contribution in [0.1, 0.15) is 24.4 Å². The van der Waals surface area contributed by atoms with Crippen molar-refractivity contribution in [2.75, 3.05) is 20.6 Å². The molecule has 2 N–H and O–H groups in total. The molecule has 1 saturated carbocycles. The molecule has 0 aromatic heterocycles. The van der Waals surface area contributed by atoms with Crippen molar-refractivity contribution in [1.29, 1.82) is 0 Å². The number of benzene rings is 1. The molecule has 1 aliphatic rings. The Labute approximate surface area is 106 Å². The van der Waals surface area contributed by atoms with Gasteiger partial charge in [-0.15, -0.1) is 0 Å². The highest BCUT2D eigenvalue weighted by Gasteiger charge is 2.49. The second-order valence-corrected chi connectivity index (χ2v) is 5.90. The van der Waals surface area contributed by atoms with E-state index in [0.717, 1.165) is 11.0 Å². The Bertz CT molecular complexity index is 355. The van der Waals surface area contributed by atoms with Crippen molar-refractivity contribution in [3.05, 3.63) is 34.3 Å². The largest absolute Gasteiger partial charge is 0.330 e. The number of nitrogens with two attached hydrogens (primary N) is 1. The maximum absolute atomic E-state index is 5.94. The fourth-order valence-electron chi connectivity index (χ4n) is 2.59. The average molecular weight is 283 g/mol. The van der Waals surface area contributed by atoms with E-state index in [4.69, 9.17) is 5.73 Å². The van der Waals surface area contributed by atoms with Gasteiger partial charge in [0.2, 0.25) is 0 Å². The lowest BCUT2D eigenvalue weighted by Crippen LogP contribution is -2.33. The highest BCUT2D eigenvalue weighted by molar-refractivity contribution is 9.10. The van der Waals surface area contributed by atoms with Crippen molar-refractivity contribution in [1.82, 2.24) is 4.90 Å². The summed E-state index contributed by atoms with van der Waals surface area (Å²) in [4.78, 5) is 2.29. The van der Waals surface area contributed by atoms with Crippen LogP contribution < -0.4 is 5.73 Å². The van der Waals surface area contributed by atoms with E-state index in [1.807, 2.05) is 0 Å². The smallest absolute Gasteiger partial charge is 0.0410 e. The number of hydrogen-bond donors (Lipinski definition) is 1. The van der Waals surface area contributed by atoms with Gasteiger partial charge in [0.15, 0.2) is 0 Å². The topological polar surface area (TPSA) is 29.3 Å². The maximum atomic E-state index is 5.94. The highest BCUT2D eigenvalue weighted by atomic mass is 79.9. The minimum absolute atomic E-state index is 0.317. The summed E-state index contributed by atoms with van der Waals surface area (Å²) in [6, 6.07) is 9.07. The first-order valence-electron chi connectivity index (χ1n) is 5.71. The van der Waals surface area contributed by atoms with Gasteiger partial charge in [0, 0.05) is 15.9 Å². The van der Waals surface area contributed by atoms with Gasteiger partial charge in [-0.2, -0.15) is 0 Å². The van der Waals surface area contributed by atoms with E-state index in [0.29, 0.717) is 11.5 Å². The summed E-state index contributed by atoms with van der Waals surface area (Å²) in [6.45, 7) is 0.784. The fourth-order valence-corrected chi connectivity index (χ4v) is 2.86. The minimum Gasteiger partial charge on any atom is -0.330 e. The summed E-state index contributed by atoms with van der Waals surface area (Å²) in [6.07, 6.45) is 2.50. The fraction of sp³-hybridized carbons (Fsp3) is 0.538. The zero-order valence-corrected chi connectivity index (χ0v) is 11.5. The molecule has 0 bridgehead atoms. The number of rotatable bonds is 4. The van der Waals surface area contributed by atoms with Gasteiger partial charge < -0.3 is 10.6 Å². The summed E-state index contributed by atoms with van der Waals surface area (Å²) < 4.78 is 1.13. The average Bonchev–Trinajstić information content (AvgIpc) is 3.02. The monoisotopic (exact) mass is 282 g/mol. The van der Waals surface area contributed by atoms with Crippen molar-refractivity contribution >= 4 is 15.9 Å². The van der Waals surface area contributed by atoms with Crippen LogP contribution >= 0.6 is 15.9 Å². The molecule has 0 aliphatic heterocycles. The Morgan fingerprint density at radius 3 is 2.25 bits per heavy atom. The predicted octanol–water partition coefficient (Wildman–Crippen LogP) is 2.79. The molecule has 1 aromatic rings. The molecule has 3 heteroatoms. The lowest BCUT2D eigenvalue weighted by molar-refractivity contribution is 0.198. The van der Waals surface area contributed by atoms with Crippen molar-refractivity contribution in [2.45, 2.75) is 18.9 Å². The first-order chi connectivity index (χ1) is 7.59. The van der Waals surface area contributed by atoms with Gasteiger partial charge in [0.25, 0.3) is 0 Å². The molecule has 1 atom stereocenters. The highest BCUT2D eigenvalue weighted by Crippen LogP contribution is 2.55. The van der Waals surface area contributed by atoms with Gasteiger partial charge in [-0.25, -0.2) is 0 Å². The van der Waals surface area contributed by atoms with Gasteiger partial charge in [0.05, 0.1) is 0 Å². The molecule has 0 saturated heterocycles. The van der Waals surface area contributed by atoms with Crippen LogP contribution in [0.5, 0.6) is 0 Å². The third kappa shape index (κ3) is 2.17. The van der Waals surface area contributed by atoms with Crippen LogP contribution in [0.25, 0.3) is 0 Å². The molecule has 1 aliphatic carbocycles. The molecule has 0 spiro atoms. The van der Waals surface area contributed by atoms with Crippen LogP contribution in [0.15, 0.2) is 28.7 Å². The molecule has 0 amide bonds. The number of halogens is 1. The standard InChI is InChI=1S/C13H19BrN2/c1-16(2)12(13(9-15)7-8-13)10-3-5-11(14)6-4-10/h3-6,12H,7-9,15H2,1-2H3. The summed E-state index contributed by atoms with van der Waals surface area (Å²) in [5.74, 6) is 0. The van der Waals surface area contributed by atoms with Crippen LogP contribution in [-0.4, -0.2) is 25.5 Å². The molecular formula is C13H19BrN2. The molecule has 1 fully saturated rings. The van der Waals surface area contributed by atoms with E-state index in [1.165, 1.54) is 18.4 Å². The van der Waals surface area contributed by atoms with Crippen molar-refractivity contribution in [2.24, 2.45) is 11.1 Å². The Morgan fingerprint density at radius 1 is 1.31 bits per heavy atom. The quantitative estimate of drug-likeness (QED) is 0.920. The van der Waals surface area contributed by atoms with Crippen LogP contribution in [-0.2, 0) is 0 Å². The SMILES string of the molecule is CN(C)C(c1ccc(Br)cc1)C1(CN)CC1. The minimum atomic E-state index is 0.317. The number of nitrogens with zero attached hydrogens (tertiary/aromatic N) is 1. The van der Waals surface area contributed by atoms with E-state index in [2.05, 4.69) is 59.2 Å². The molecule has 1 unspecified atom stereocenters. The molecule has 0 heterocycles. The third-order valence-corrected chi connectivity index (χ3v) is 4.11. The van der Waals surface area contributed by atoms with Gasteiger partial charge >= 0.3 is 0 Å². The van der Waals surface area contributed by atoms with Crippen LogP contribution in [0.2, 0.25) is 0 Å². The van der Waals surface area contributed by atoms with Crippen LogP contribution in [0.3, 0.4) is 0 Å². The first kappa shape index (κ1) is 12.1. The van der Waals surface area contributed by atoms with E-state index in [-0.39, 0.29) is 0 Å². The van der Waals surface area contributed by atoms with Crippen molar-refractivity contribution in [3.8, 4) is 0 Å². The second-order valence-electron chi connectivity index (χ2n) is 4.98. The summed E-state index contributed by atoms with van der Waals surface area (Å²) >= 11 is 3.48. The van der Waals surface area contributed by atoms with E-state index in [1.54, 1.807) is 0 Å². The van der Waals surface area contributed by atoms with Gasteiger partial charge in [-0.3, -0.25) is 0 Å². The van der Waals surface area contributed by atoms with Crippen LogP contribution in [0, 0.1) is 5.41 Å². The van der Waals surface area contributed by atoms with Gasteiger partial charge in [0.1, 0.15) is 0 Å². The summed E-state index contributed by atoms with van der Waals surface area (Å²) in [5.41, 5.74) is 7.63. The zero-order valence-electron chi connectivity index (χ0n) is 9.91. The van der Waals surface area contributed by atoms with E-state index in [9.17, 15) is 0 Å². The molecule has 1 aromatic carbocycles. The molecule has 0 radical (unpaired) electrons. The molecule has 2 nitrogen and oxygen atoms in total. The maximum Gasteiger partial charge on any atom is 0.0410 e. The van der Waals surface area contributed by atoms with Crippen LogP contribution in [0.4, 0.5) is 0 Å². The Morgan fingerprint density at radius 2 is 1.88 bits per heavy atom. The molecule has 2 rings (SSSR count). The van der Waals surface area contributed by atoms with Crippen molar-refractivity contribution in [3.63, 3.8) is 0 Å². The van der Waals surface area contributed by atoms with E-state index < -0.39 is 0 Å². The second kappa shape index (κ2) is 4.47. The lowest BCUT2D eigenvalue weighted by Gasteiger charge is -2.32. The zero-order chi connectivity index (χ0) is 11.8. The molecule has 16 heavy (non-hydrogen) atoms. The Hall–Kier alpha value is -0.380. The van der Waals surface area contributed by atoms with E-state index >= 15 is 0 Å². The normalized spacial score (nSPS) is 19.8. The van der Waals surface area contributed by atoms with Crippen molar-refractivity contribution < 1.29 is 0 Å². The predicted molar refractivity (Wildman–Crippen MR) is 71.3 cm³/mol. The Kier molecular flexibility index (Phi) is 3.38. The number of hydrogen-bond acceptors (Lipinski definition) is 2. The lowest BCUT2D eigenvalue weighted by atomic mass is 9.89. The van der Waals surface area contributed by atoms with Gasteiger partial charge in [-0.1, -0.05) is 28.1 Å². The Balaban J connectivity index is 2.30. The first-order valence-corrected chi connectivity index (χ1v) is 6.50. The van der Waals surface area contributed by atoms with Gasteiger partial charge in [-0.05, 0) is 51.2 Å². The summed E-state index contributed by atoms with van der Waals surface area (Å²) in [7, 11) is 4.28. The molecule has 88 valence electrons. The molecular weight excluding hydrogens is 264 g/mol. The third-order valence-electron chi connectivity index (χ3n) is 3.58.